The number of nitrogens with zero attached hydrogens (tertiary/aromatic N) is 3. The van der Waals surface area contributed by atoms with E-state index in [1.807, 2.05) is 6.08 Å². The normalized spacial score (nSPS) is 29.3. The maximum absolute atomic E-state index is 14.4. The molecule has 4 aliphatic rings. The number of imide groups is 2. The van der Waals surface area contributed by atoms with E-state index in [0.29, 0.717) is 21.8 Å². The minimum absolute atomic E-state index is 0.103. The molecule has 4 amide bonds. The molecule has 2 heterocycles. The molecular weight excluding hydrogens is 586 g/mol. The maximum Gasteiger partial charge on any atom is 0.271 e. The molecule has 2 aliphatic heterocycles. The zero-order valence-electron chi connectivity index (χ0n) is 23.4. The van der Waals surface area contributed by atoms with Crippen LogP contribution in [0.2, 0.25) is 5.02 Å². The second-order valence-electron chi connectivity index (χ2n) is 12.0. The Hall–Kier alpha value is -4.83. The Morgan fingerprint density at radius 2 is 1.61 bits per heavy atom. The lowest BCUT2D eigenvalue weighted by Crippen LogP contribution is -2.48. The number of aromatic hydroxyl groups is 1. The molecule has 6 atom stereocenters. The number of rotatable bonds is 4. The van der Waals surface area contributed by atoms with Crippen LogP contribution in [0.3, 0.4) is 0 Å². The Morgan fingerprint density at radius 1 is 0.886 bits per heavy atom. The zero-order valence-corrected chi connectivity index (χ0v) is 24.2. The van der Waals surface area contributed by atoms with E-state index in [2.05, 4.69) is 0 Å². The third-order valence-corrected chi connectivity index (χ3v) is 10.1. The molecule has 0 radical (unpaired) electrons. The molecule has 10 nitrogen and oxygen atoms in total. The van der Waals surface area contributed by atoms with Gasteiger partial charge in [-0.15, -0.1) is 0 Å². The SMILES string of the molecule is CC12C(=O)N(c3ccccc3)C(=O)C1CC1C(=CCC3C(=O)N(c4cccc([N+](=O)[O-])c4)C(=O)C31)C2c1cc(Cl)ccc1O. The number of hydrogen-bond acceptors (Lipinski definition) is 7. The van der Waals surface area contributed by atoms with Gasteiger partial charge < -0.3 is 5.11 Å². The molecule has 1 N–H and O–H groups in total. The number of anilines is 2. The highest BCUT2D eigenvalue weighted by Gasteiger charge is 2.68. The van der Waals surface area contributed by atoms with Crippen LogP contribution in [0.1, 0.15) is 31.2 Å². The molecule has 2 aliphatic carbocycles. The van der Waals surface area contributed by atoms with Crippen molar-refractivity contribution in [1.82, 2.24) is 0 Å². The third-order valence-electron chi connectivity index (χ3n) is 9.89. The summed E-state index contributed by atoms with van der Waals surface area (Å²) in [5.41, 5.74) is 0.0137. The number of non-ortho nitro benzene ring substituents is 1. The predicted molar refractivity (Wildman–Crippen MR) is 160 cm³/mol. The summed E-state index contributed by atoms with van der Waals surface area (Å²) < 4.78 is 0. The number of amides is 4. The molecule has 1 saturated carbocycles. The van der Waals surface area contributed by atoms with E-state index in [1.54, 1.807) is 43.3 Å². The van der Waals surface area contributed by atoms with Gasteiger partial charge in [-0.2, -0.15) is 0 Å². The third kappa shape index (κ3) is 3.80. The first-order chi connectivity index (χ1) is 21.0. The van der Waals surface area contributed by atoms with E-state index in [-0.39, 0.29) is 30.0 Å². The molecule has 6 unspecified atom stereocenters. The minimum Gasteiger partial charge on any atom is -0.508 e. The summed E-state index contributed by atoms with van der Waals surface area (Å²) in [4.78, 5) is 69.4. The topological polar surface area (TPSA) is 138 Å². The number of allylic oxidation sites excluding steroid dienone is 2. The number of carbonyl (C=O) groups is 4. The standard InChI is InChI=1S/C33H26ClN3O7/c1-33-25(30(40)36(32(33)42)18-6-3-2-4-7-18)16-23-21(28(33)24-14-17(34)10-13-26(24)38)11-12-22-27(23)31(41)35(29(22)39)19-8-5-9-20(15-19)37(43)44/h2-11,13-15,22-23,25,27-28,38H,12,16H2,1H3. The number of para-hydroxylation sites is 1. The monoisotopic (exact) mass is 611 g/mol. The molecule has 3 aromatic carbocycles. The maximum atomic E-state index is 14.4. The van der Waals surface area contributed by atoms with Crippen LogP contribution in [-0.2, 0) is 19.2 Å². The molecule has 2 saturated heterocycles. The van der Waals surface area contributed by atoms with Crippen molar-refractivity contribution >= 4 is 52.3 Å². The van der Waals surface area contributed by atoms with Gasteiger partial charge in [-0.25, -0.2) is 9.80 Å². The molecule has 3 fully saturated rings. The molecule has 7 rings (SSSR count). The summed E-state index contributed by atoms with van der Waals surface area (Å²) >= 11 is 6.40. The van der Waals surface area contributed by atoms with Crippen LogP contribution in [-0.4, -0.2) is 33.7 Å². The molecule has 11 heteroatoms. The molecule has 44 heavy (non-hydrogen) atoms. The lowest BCUT2D eigenvalue weighted by Gasteiger charge is -2.49. The minimum atomic E-state index is -1.32. The van der Waals surface area contributed by atoms with Gasteiger partial charge in [0.05, 0.1) is 39.5 Å². The number of nitro groups is 1. The van der Waals surface area contributed by atoms with E-state index in [1.165, 1.54) is 41.3 Å². The van der Waals surface area contributed by atoms with E-state index in [0.717, 1.165) is 4.90 Å². The van der Waals surface area contributed by atoms with Crippen LogP contribution in [0, 0.1) is 39.2 Å². The van der Waals surface area contributed by atoms with Gasteiger partial charge in [0.2, 0.25) is 23.6 Å². The fourth-order valence-corrected chi connectivity index (χ4v) is 8.12. The van der Waals surface area contributed by atoms with Gasteiger partial charge in [0.15, 0.2) is 0 Å². The predicted octanol–water partition coefficient (Wildman–Crippen LogP) is 5.39. The second-order valence-corrected chi connectivity index (χ2v) is 12.4. The van der Waals surface area contributed by atoms with E-state index in [9.17, 15) is 34.4 Å². The number of halogens is 1. The number of nitro benzene ring substituents is 1. The number of fused-ring (bicyclic) bond motifs is 4. The van der Waals surface area contributed by atoms with Gasteiger partial charge in [0.1, 0.15) is 5.75 Å². The van der Waals surface area contributed by atoms with Crippen molar-refractivity contribution in [2.24, 2.45) is 29.1 Å². The van der Waals surface area contributed by atoms with Gasteiger partial charge in [0, 0.05) is 28.6 Å². The number of phenols is 1. The van der Waals surface area contributed by atoms with E-state index in [4.69, 9.17) is 11.6 Å². The zero-order chi connectivity index (χ0) is 31.1. The average Bonchev–Trinajstić information content (AvgIpc) is 3.38. The number of carbonyl (C=O) groups excluding carboxylic acids is 4. The molecule has 222 valence electrons. The number of benzene rings is 3. The average molecular weight is 612 g/mol. The summed E-state index contributed by atoms with van der Waals surface area (Å²) in [7, 11) is 0. The Balaban J connectivity index is 1.37. The molecule has 3 aromatic rings. The van der Waals surface area contributed by atoms with E-state index >= 15 is 0 Å². The lowest BCUT2D eigenvalue weighted by atomic mass is 9.51. The van der Waals surface area contributed by atoms with Crippen molar-refractivity contribution in [1.29, 1.82) is 0 Å². The first-order valence-electron chi connectivity index (χ1n) is 14.3. The summed E-state index contributed by atoms with van der Waals surface area (Å²) in [6.07, 6.45) is 2.19. The smallest absolute Gasteiger partial charge is 0.271 e. The van der Waals surface area contributed by atoms with Crippen LogP contribution in [0.25, 0.3) is 0 Å². The van der Waals surface area contributed by atoms with Crippen LogP contribution < -0.4 is 9.80 Å². The van der Waals surface area contributed by atoms with E-state index < -0.39 is 63.6 Å². The van der Waals surface area contributed by atoms with Gasteiger partial charge >= 0.3 is 0 Å². The van der Waals surface area contributed by atoms with Crippen molar-refractivity contribution in [2.45, 2.75) is 25.7 Å². The van der Waals surface area contributed by atoms with Gasteiger partial charge in [-0.3, -0.25) is 29.3 Å². The Kier molecular flexibility index (Phi) is 6.26. The highest BCUT2D eigenvalue weighted by atomic mass is 35.5. The highest BCUT2D eigenvalue weighted by Crippen LogP contribution is 2.64. The summed E-state index contributed by atoms with van der Waals surface area (Å²) in [6.45, 7) is 1.73. The van der Waals surface area contributed by atoms with Gasteiger partial charge in [-0.05, 0) is 62.1 Å². The first kappa shape index (κ1) is 28.0. The first-order valence-corrected chi connectivity index (χ1v) is 14.7. The van der Waals surface area contributed by atoms with Crippen LogP contribution in [0.5, 0.6) is 5.75 Å². The largest absolute Gasteiger partial charge is 0.508 e. The Bertz CT molecular complexity index is 1820. The van der Waals surface area contributed by atoms with Crippen molar-refractivity contribution in [2.75, 3.05) is 9.80 Å². The van der Waals surface area contributed by atoms with Crippen molar-refractivity contribution in [3.05, 3.63) is 105 Å². The Labute approximate surface area is 256 Å². The van der Waals surface area contributed by atoms with Gasteiger partial charge in [-0.1, -0.05) is 47.5 Å². The Morgan fingerprint density at radius 3 is 2.34 bits per heavy atom. The molecule has 0 aromatic heterocycles. The number of hydrogen-bond donors (Lipinski definition) is 1. The van der Waals surface area contributed by atoms with Crippen molar-refractivity contribution in [3.63, 3.8) is 0 Å². The highest BCUT2D eigenvalue weighted by molar-refractivity contribution is 6.30. The van der Waals surface area contributed by atoms with Crippen molar-refractivity contribution in [3.8, 4) is 5.75 Å². The molecule has 0 spiro atoms. The summed E-state index contributed by atoms with van der Waals surface area (Å²) in [6, 6.07) is 18.6. The van der Waals surface area contributed by atoms with Crippen LogP contribution >= 0.6 is 11.6 Å². The summed E-state index contributed by atoms with van der Waals surface area (Å²) in [5.74, 6) is -5.80. The molecule has 0 bridgehead atoms. The van der Waals surface area contributed by atoms with Crippen molar-refractivity contribution < 1.29 is 29.2 Å². The van der Waals surface area contributed by atoms with Crippen LogP contribution in [0.15, 0.2) is 84.4 Å². The second kappa shape index (κ2) is 9.85. The summed E-state index contributed by atoms with van der Waals surface area (Å²) in [5, 5.41) is 22.9. The number of phenolic OH excluding ortho intramolecular Hbond substituents is 1. The molecular formula is C33H26ClN3O7. The fraction of sp³-hybridized carbons (Fsp3) is 0.273. The fourth-order valence-electron chi connectivity index (χ4n) is 7.94. The van der Waals surface area contributed by atoms with Gasteiger partial charge in [0.25, 0.3) is 5.69 Å². The lowest BCUT2D eigenvalue weighted by molar-refractivity contribution is -0.384. The van der Waals surface area contributed by atoms with Crippen LogP contribution in [0.4, 0.5) is 17.1 Å². The quantitative estimate of drug-likeness (QED) is 0.181.